The average molecular weight is 220 g/mol. The number of rotatable bonds is 4. The lowest BCUT2D eigenvalue weighted by atomic mass is 10.1. The summed E-state index contributed by atoms with van der Waals surface area (Å²) in [5, 5.41) is 9.35. The molecule has 2 rings (SSSR count). The minimum Gasteiger partial charge on any atom is -0.392 e. The molecule has 1 N–H and O–H groups in total. The van der Waals surface area contributed by atoms with E-state index >= 15 is 0 Å². The summed E-state index contributed by atoms with van der Waals surface area (Å²) < 4.78 is 0. The smallest absolute Gasteiger partial charge is 0.0703 e. The van der Waals surface area contributed by atoms with E-state index in [4.69, 9.17) is 0 Å². The van der Waals surface area contributed by atoms with Crippen LogP contribution in [0, 0.1) is 0 Å². The highest BCUT2D eigenvalue weighted by atomic mass is 16.3. The van der Waals surface area contributed by atoms with Crippen LogP contribution < -0.4 is 4.90 Å². The zero-order valence-electron chi connectivity index (χ0n) is 9.89. The fourth-order valence-electron chi connectivity index (χ4n) is 2.65. The van der Waals surface area contributed by atoms with Gasteiger partial charge in [0.1, 0.15) is 0 Å². The second kappa shape index (κ2) is 5.30. The quantitative estimate of drug-likeness (QED) is 0.846. The maximum atomic E-state index is 9.35. The summed E-state index contributed by atoms with van der Waals surface area (Å²) in [4.78, 5) is 6.58. The van der Waals surface area contributed by atoms with Crippen molar-refractivity contribution < 1.29 is 5.11 Å². The van der Waals surface area contributed by atoms with Crippen LogP contribution in [0.3, 0.4) is 0 Å². The average Bonchev–Trinajstić information content (AvgIpc) is 2.84. The van der Waals surface area contributed by atoms with Crippen molar-refractivity contribution in [1.82, 2.24) is 4.98 Å². The first-order chi connectivity index (χ1) is 7.86. The first-order valence-corrected chi connectivity index (χ1v) is 6.17. The molecule has 3 heteroatoms. The van der Waals surface area contributed by atoms with E-state index in [9.17, 15) is 5.11 Å². The molecule has 0 atom stereocenters. The monoisotopic (exact) mass is 220 g/mol. The SMILES string of the molecule is CCN(c1cnccc1CO)C1CCCC1. The van der Waals surface area contributed by atoms with Crippen LogP contribution in [-0.2, 0) is 6.61 Å². The van der Waals surface area contributed by atoms with Gasteiger partial charge in [0, 0.05) is 24.3 Å². The summed E-state index contributed by atoms with van der Waals surface area (Å²) in [5.74, 6) is 0. The number of aromatic nitrogens is 1. The molecular formula is C13H20N2O. The summed E-state index contributed by atoms with van der Waals surface area (Å²) in [6, 6.07) is 2.55. The highest BCUT2D eigenvalue weighted by Gasteiger charge is 2.23. The Balaban J connectivity index is 2.24. The normalized spacial score (nSPS) is 16.6. The molecule has 0 bridgehead atoms. The number of aliphatic hydroxyl groups is 1. The van der Waals surface area contributed by atoms with Crippen LogP contribution in [0.25, 0.3) is 0 Å². The van der Waals surface area contributed by atoms with E-state index in [0.29, 0.717) is 6.04 Å². The Labute approximate surface area is 97.1 Å². The van der Waals surface area contributed by atoms with Crippen LogP contribution in [0.5, 0.6) is 0 Å². The Kier molecular flexibility index (Phi) is 3.78. The molecule has 1 fully saturated rings. The van der Waals surface area contributed by atoms with Crippen LogP contribution in [-0.4, -0.2) is 22.7 Å². The molecule has 0 aliphatic heterocycles. The summed E-state index contributed by atoms with van der Waals surface area (Å²) >= 11 is 0. The molecule has 1 aromatic heterocycles. The minimum atomic E-state index is 0.0983. The Morgan fingerprint density at radius 3 is 2.81 bits per heavy atom. The summed E-state index contributed by atoms with van der Waals surface area (Å²) in [6.07, 6.45) is 8.83. The van der Waals surface area contributed by atoms with E-state index < -0.39 is 0 Å². The van der Waals surface area contributed by atoms with Gasteiger partial charge in [-0.25, -0.2) is 0 Å². The first kappa shape index (κ1) is 11.4. The highest BCUT2D eigenvalue weighted by molar-refractivity contribution is 5.52. The number of hydrogen-bond donors (Lipinski definition) is 1. The van der Waals surface area contributed by atoms with Gasteiger partial charge in [-0.05, 0) is 25.8 Å². The van der Waals surface area contributed by atoms with Crippen LogP contribution in [0.4, 0.5) is 5.69 Å². The largest absolute Gasteiger partial charge is 0.392 e. The second-order valence-corrected chi connectivity index (χ2v) is 4.39. The van der Waals surface area contributed by atoms with Gasteiger partial charge in [0.15, 0.2) is 0 Å². The van der Waals surface area contributed by atoms with Crippen molar-refractivity contribution in [3.8, 4) is 0 Å². The van der Waals surface area contributed by atoms with Crippen LogP contribution in [0.1, 0.15) is 38.2 Å². The van der Waals surface area contributed by atoms with Gasteiger partial charge in [-0.3, -0.25) is 4.98 Å². The maximum Gasteiger partial charge on any atom is 0.0703 e. The molecule has 3 nitrogen and oxygen atoms in total. The predicted molar refractivity (Wildman–Crippen MR) is 65.4 cm³/mol. The van der Waals surface area contributed by atoms with E-state index in [1.54, 1.807) is 6.20 Å². The number of hydrogen-bond acceptors (Lipinski definition) is 3. The van der Waals surface area contributed by atoms with E-state index in [0.717, 1.165) is 17.8 Å². The van der Waals surface area contributed by atoms with Crippen molar-refractivity contribution in [2.75, 3.05) is 11.4 Å². The Morgan fingerprint density at radius 2 is 2.19 bits per heavy atom. The van der Waals surface area contributed by atoms with Gasteiger partial charge in [-0.2, -0.15) is 0 Å². The Bertz CT molecular complexity index is 334. The standard InChI is InChI=1S/C13H20N2O/c1-2-15(12-5-3-4-6-12)13-9-14-8-7-11(13)10-16/h7-9,12,16H,2-6,10H2,1H3. The zero-order valence-corrected chi connectivity index (χ0v) is 9.89. The van der Waals surface area contributed by atoms with Crippen molar-refractivity contribution >= 4 is 5.69 Å². The molecule has 1 aliphatic rings. The Morgan fingerprint density at radius 1 is 1.44 bits per heavy atom. The third kappa shape index (κ3) is 2.19. The van der Waals surface area contributed by atoms with Crippen LogP contribution in [0.2, 0.25) is 0 Å². The number of anilines is 1. The van der Waals surface area contributed by atoms with Crippen molar-refractivity contribution in [2.45, 2.75) is 45.3 Å². The fourth-order valence-corrected chi connectivity index (χ4v) is 2.65. The highest BCUT2D eigenvalue weighted by Crippen LogP contribution is 2.29. The summed E-state index contributed by atoms with van der Waals surface area (Å²) in [7, 11) is 0. The zero-order chi connectivity index (χ0) is 11.4. The topological polar surface area (TPSA) is 36.4 Å². The number of pyridine rings is 1. The summed E-state index contributed by atoms with van der Waals surface area (Å²) in [6.45, 7) is 3.26. The molecule has 0 aromatic carbocycles. The molecular weight excluding hydrogens is 200 g/mol. The van der Waals surface area contributed by atoms with Crippen LogP contribution in [0.15, 0.2) is 18.5 Å². The molecule has 0 saturated heterocycles. The molecule has 1 heterocycles. The van der Waals surface area contributed by atoms with Crippen molar-refractivity contribution in [3.63, 3.8) is 0 Å². The van der Waals surface area contributed by atoms with E-state index in [2.05, 4.69) is 16.8 Å². The molecule has 0 spiro atoms. The lowest BCUT2D eigenvalue weighted by Crippen LogP contribution is -2.33. The van der Waals surface area contributed by atoms with E-state index in [1.807, 2.05) is 12.3 Å². The van der Waals surface area contributed by atoms with E-state index in [1.165, 1.54) is 25.7 Å². The molecule has 0 amide bonds. The summed E-state index contributed by atoms with van der Waals surface area (Å²) in [5.41, 5.74) is 2.10. The molecule has 1 aliphatic carbocycles. The van der Waals surface area contributed by atoms with Crippen molar-refractivity contribution in [3.05, 3.63) is 24.0 Å². The van der Waals surface area contributed by atoms with Crippen molar-refractivity contribution in [1.29, 1.82) is 0 Å². The number of nitrogens with zero attached hydrogens (tertiary/aromatic N) is 2. The first-order valence-electron chi connectivity index (χ1n) is 6.17. The van der Waals surface area contributed by atoms with Gasteiger partial charge in [0.25, 0.3) is 0 Å². The molecule has 0 unspecified atom stereocenters. The Hall–Kier alpha value is -1.09. The van der Waals surface area contributed by atoms with Gasteiger partial charge >= 0.3 is 0 Å². The molecule has 1 aromatic rings. The lowest BCUT2D eigenvalue weighted by molar-refractivity contribution is 0.281. The molecule has 16 heavy (non-hydrogen) atoms. The molecule has 1 saturated carbocycles. The van der Waals surface area contributed by atoms with Crippen LogP contribution >= 0.6 is 0 Å². The molecule has 0 radical (unpaired) electrons. The van der Waals surface area contributed by atoms with Gasteiger partial charge in [-0.1, -0.05) is 12.8 Å². The maximum absolute atomic E-state index is 9.35. The predicted octanol–water partition coefficient (Wildman–Crippen LogP) is 2.34. The lowest BCUT2D eigenvalue weighted by Gasteiger charge is -2.31. The van der Waals surface area contributed by atoms with Gasteiger partial charge in [-0.15, -0.1) is 0 Å². The molecule has 88 valence electrons. The number of aliphatic hydroxyl groups excluding tert-OH is 1. The van der Waals surface area contributed by atoms with Gasteiger partial charge in [0.2, 0.25) is 0 Å². The van der Waals surface area contributed by atoms with Gasteiger partial charge < -0.3 is 10.0 Å². The second-order valence-electron chi connectivity index (χ2n) is 4.39. The third-order valence-electron chi connectivity index (χ3n) is 3.47. The minimum absolute atomic E-state index is 0.0983. The fraction of sp³-hybridized carbons (Fsp3) is 0.615. The third-order valence-corrected chi connectivity index (χ3v) is 3.47. The van der Waals surface area contributed by atoms with Crippen molar-refractivity contribution in [2.24, 2.45) is 0 Å². The van der Waals surface area contributed by atoms with E-state index in [-0.39, 0.29) is 6.61 Å². The van der Waals surface area contributed by atoms with Gasteiger partial charge in [0.05, 0.1) is 18.5 Å².